The van der Waals surface area contributed by atoms with Crippen molar-refractivity contribution < 1.29 is 9.13 Å². The highest BCUT2D eigenvalue weighted by molar-refractivity contribution is 7.99. The van der Waals surface area contributed by atoms with Gasteiger partial charge in [-0.15, -0.1) is 0 Å². The van der Waals surface area contributed by atoms with Gasteiger partial charge in [-0.25, -0.2) is 4.39 Å². The van der Waals surface area contributed by atoms with Gasteiger partial charge in [-0.3, -0.25) is 0 Å². The van der Waals surface area contributed by atoms with Crippen molar-refractivity contribution >= 4 is 17.3 Å². The van der Waals surface area contributed by atoms with Crippen LogP contribution >= 0.6 is 11.8 Å². The average molecular weight is 281 g/mol. The van der Waals surface area contributed by atoms with Crippen LogP contribution in [-0.2, 0) is 4.74 Å². The van der Waals surface area contributed by atoms with Crippen LogP contribution in [0.1, 0.15) is 23.7 Å². The van der Waals surface area contributed by atoms with Crippen LogP contribution in [-0.4, -0.2) is 31.3 Å². The van der Waals surface area contributed by atoms with Crippen molar-refractivity contribution in [3.05, 3.63) is 41.5 Å². The Balaban J connectivity index is 2.15. The van der Waals surface area contributed by atoms with E-state index in [9.17, 15) is 4.39 Å². The molecule has 0 saturated heterocycles. The maximum absolute atomic E-state index is 12.7. The SMILES string of the molecule is COC(c1ccc(C2=CCSCC2)cc1)C(N)CF. The minimum atomic E-state index is -0.610. The van der Waals surface area contributed by atoms with Crippen LogP contribution in [0, 0.1) is 0 Å². The second-order valence-electron chi connectivity index (χ2n) is 4.65. The number of ether oxygens (including phenoxy) is 1. The van der Waals surface area contributed by atoms with Gasteiger partial charge in [0, 0.05) is 12.9 Å². The number of allylic oxidation sites excluding steroid dienone is 1. The van der Waals surface area contributed by atoms with Crippen molar-refractivity contribution in [2.24, 2.45) is 5.73 Å². The molecule has 1 aliphatic heterocycles. The molecule has 1 aliphatic rings. The Morgan fingerprint density at radius 3 is 2.63 bits per heavy atom. The highest BCUT2D eigenvalue weighted by atomic mass is 32.2. The third-order valence-corrected chi connectivity index (χ3v) is 4.29. The molecule has 104 valence electrons. The molecule has 0 aliphatic carbocycles. The molecule has 0 aromatic heterocycles. The van der Waals surface area contributed by atoms with Gasteiger partial charge in [0.25, 0.3) is 0 Å². The van der Waals surface area contributed by atoms with Gasteiger partial charge >= 0.3 is 0 Å². The molecule has 0 amide bonds. The van der Waals surface area contributed by atoms with Crippen molar-refractivity contribution in [2.45, 2.75) is 18.6 Å². The van der Waals surface area contributed by atoms with Gasteiger partial charge < -0.3 is 10.5 Å². The van der Waals surface area contributed by atoms with E-state index in [0.717, 1.165) is 17.7 Å². The zero-order valence-corrected chi connectivity index (χ0v) is 12.0. The largest absolute Gasteiger partial charge is 0.375 e. The van der Waals surface area contributed by atoms with Crippen LogP contribution in [0.2, 0.25) is 0 Å². The van der Waals surface area contributed by atoms with Gasteiger partial charge in [0.05, 0.1) is 12.1 Å². The van der Waals surface area contributed by atoms with E-state index in [0.29, 0.717) is 0 Å². The zero-order valence-electron chi connectivity index (χ0n) is 11.1. The lowest BCUT2D eigenvalue weighted by Crippen LogP contribution is -2.31. The third kappa shape index (κ3) is 3.59. The Morgan fingerprint density at radius 2 is 2.11 bits per heavy atom. The van der Waals surface area contributed by atoms with Gasteiger partial charge in [-0.1, -0.05) is 30.3 Å². The van der Waals surface area contributed by atoms with E-state index in [4.69, 9.17) is 10.5 Å². The summed E-state index contributed by atoms with van der Waals surface area (Å²) in [6, 6.07) is 7.52. The highest BCUT2D eigenvalue weighted by Gasteiger charge is 2.19. The predicted octanol–water partition coefficient (Wildman–Crippen LogP) is 3.19. The lowest BCUT2D eigenvalue weighted by atomic mass is 9.98. The van der Waals surface area contributed by atoms with E-state index in [2.05, 4.69) is 18.2 Å². The number of hydrogen-bond donors (Lipinski definition) is 1. The summed E-state index contributed by atoms with van der Waals surface area (Å²) in [6.45, 7) is -0.581. The summed E-state index contributed by atoms with van der Waals surface area (Å²) in [5.41, 5.74) is 9.30. The van der Waals surface area contributed by atoms with Crippen molar-refractivity contribution in [3.8, 4) is 0 Å². The molecule has 4 heteroatoms. The van der Waals surface area contributed by atoms with Crippen molar-refractivity contribution in [3.63, 3.8) is 0 Å². The fourth-order valence-corrected chi connectivity index (χ4v) is 3.17. The van der Waals surface area contributed by atoms with E-state index in [1.54, 1.807) is 7.11 Å². The molecule has 0 fully saturated rings. The van der Waals surface area contributed by atoms with Crippen molar-refractivity contribution in [1.82, 2.24) is 0 Å². The lowest BCUT2D eigenvalue weighted by molar-refractivity contribution is 0.0721. The molecule has 2 rings (SSSR count). The van der Waals surface area contributed by atoms with Gasteiger partial charge in [-0.05, 0) is 28.9 Å². The standard InChI is InChI=1S/C15H20FNOS/c1-18-15(14(17)10-16)13-4-2-11(3-5-13)12-6-8-19-9-7-12/h2-6,14-15H,7-10,17H2,1H3. The van der Waals surface area contributed by atoms with E-state index in [-0.39, 0.29) is 6.10 Å². The predicted molar refractivity (Wildman–Crippen MR) is 80.1 cm³/mol. The second-order valence-corrected chi connectivity index (χ2v) is 5.80. The number of halogens is 1. The highest BCUT2D eigenvalue weighted by Crippen LogP contribution is 2.28. The minimum absolute atomic E-state index is 0.380. The molecular weight excluding hydrogens is 261 g/mol. The van der Waals surface area contributed by atoms with Crippen LogP contribution < -0.4 is 5.73 Å². The molecule has 2 nitrogen and oxygen atoms in total. The van der Waals surface area contributed by atoms with Crippen LogP contribution in [0.25, 0.3) is 5.57 Å². The average Bonchev–Trinajstić information content (AvgIpc) is 2.49. The Bertz CT molecular complexity index is 432. The van der Waals surface area contributed by atoms with Crippen LogP contribution in [0.3, 0.4) is 0 Å². The van der Waals surface area contributed by atoms with E-state index in [1.165, 1.54) is 16.9 Å². The molecule has 19 heavy (non-hydrogen) atoms. The molecule has 1 aromatic carbocycles. The Morgan fingerprint density at radius 1 is 1.37 bits per heavy atom. The third-order valence-electron chi connectivity index (χ3n) is 3.39. The van der Waals surface area contributed by atoms with E-state index in [1.807, 2.05) is 23.9 Å². The summed E-state index contributed by atoms with van der Waals surface area (Å²) >= 11 is 1.96. The number of thioether (sulfide) groups is 1. The second kappa shape index (κ2) is 7.08. The fraction of sp³-hybridized carbons (Fsp3) is 0.467. The smallest absolute Gasteiger partial charge is 0.107 e. The molecule has 2 atom stereocenters. The Hall–Kier alpha value is -0.840. The van der Waals surface area contributed by atoms with Crippen molar-refractivity contribution in [2.75, 3.05) is 25.3 Å². The summed E-state index contributed by atoms with van der Waals surface area (Å²) in [5, 5.41) is 0. The number of methoxy groups -OCH3 is 1. The first-order valence-electron chi connectivity index (χ1n) is 6.47. The van der Waals surface area contributed by atoms with E-state index >= 15 is 0 Å². The summed E-state index contributed by atoms with van der Waals surface area (Å²) < 4.78 is 18.0. The normalized spacial score (nSPS) is 18.8. The molecule has 0 radical (unpaired) electrons. The molecule has 0 saturated carbocycles. The van der Waals surface area contributed by atoms with Gasteiger partial charge in [0.2, 0.25) is 0 Å². The molecule has 1 aromatic rings. The first-order chi connectivity index (χ1) is 9.26. The molecule has 0 bridgehead atoms. The summed E-state index contributed by atoms with van der Waals surface area (Å²) in [7, 11) is 1.56. The summed E-state index contributed by atoms with van der Waals surface area (Å²) in [6.07, 6.45) is 3.02. The van der Waals surface area contributed by atoms with Crippen LogP contribution in [0.4, 0.5) is 4.39 Å². The number of alkyl halides is 1. The van der Waals surface area contributed by atoms with Crippen LogP contribution in [0.5, 0.6) is 0 Å². The number of rotatable bonds is 5. The first kappa shape index (κ1) is 14.6. The van der Waals surface area contributed by atoms with Gasteiger partial charge in [0.1, 0.15) is 6.67 Å². The number of benzene rings is 1. The zero-order chi connectivity index (χ0) is 13.7. The lowest BCUT2D eigenvalue weighted by Gasteiger charge is -2.21. The Kier molecular flexibility index (Phi) is 5.43. The molecule has 0 spiro atoms. The molecule has 2 N–H and O–H groups in total. The molecule has 2 unspecified atom stereocenters. The Labute approximate surface area is 118 Å². The fourth-order valence-electron chi connectivity index (χ4n) is 2.32. The number of nitrogens with two attached hydrogens (primary N) is 1. The maximum atomic E-state index is 12.7. The summed E-state index contributed by atoms with van der Waals surface area (Å²) in [4.78, 5) is 0. The topological polar surface area (TPSA) is 35.2 Å². The monoisotopic (exact) mass is 281 g/mol. The quantitative estimate of drug-likeness (QED) is 0.900. The first-order valence-corrected chi connectivity index (χ1v) is 7.63. The van der Waals surface area contributed by atoms with Gasteiger partial charge in [0.15, 0.2) is 0 Å². The minimum Gasteiger partial charge on any atom is -0.375 e. The van der Waals surface area contributed by atoms with E-state index < -0.39 is 12.7 Å². The summed E-state index contributed by atoms with van der Waals surface area (Å²) in [5.74, 6) is 2.27. The molecule has 1 heterocycles. The van der Waals surface area contributed by atoms with Gasteiger partial charge in [-0.2, -0.15) is 11.8 Å². The van der Waals surface area contributed by atoms with Crippen molar-refractivity contribution in [1.29, 1.82) is 0 Å². The number of hydrogen-bond acceptors (Lipinski definition) is 3. The maximum Gasteiger partial charge on any atom is 0.107 e. The molecular formula is C15H20FNOS. The van der Waals surface area contributed by atoms with Crippen LogP contribution in [0.15, 0.2) is 30.3 Å².